The van der Waals surface area contributed by atoms with Gasteiger partial charge in [-0.3, -0.25) is 0 Å². The quantitative estimate of drug-likeness (QED) is 0.828. The van der Waals surface area contributed by atoms with Crippen LogP contribution in [0.3, 0.4) is 0 Å². The van der Waals surface area contributed by atoms with E-state index in [4.69, 9.17) is 4.74 Å². The molecular weight excluding hydrogens is 339 g/mol. The second-order valence-corrected chi connectivity index (χ2v) is 5.79. The van der Waals surface area contributed by atoms with Gasteiger partial charge in [0.2, 0.25) is 0 Å². The van der Waals surface area contributed by atoms with Gasteiger partial charge in [0.25, 0.3) is 0 Å². The average Bonchev–Trinajstić information content (AvgIpc) is 2.88. The first-order chi connectivity index (χ1) is 10.0. The van der Waals surface area contributed by atoms with Crippen LogP contribution in [-0.2, 0) is 13.1 Å². The van der Waals surface area contributed by atoms with Crippen LogP contribution in [0.4, 0.5) is 4.39 Å². The van der Waals surface area contributed by atoms with Gasteiger partial charge < -0.3 is 10.1 Å². The predicted octanol–water partition coefficient (Wildman–Crippen LogP) is 2.76. The van der Waals surface area contributed by atoms with E-state index in [0.29, 0.717) is 31.5 Å². The summed E-state index contributed by atoms with van der Waals surface area (Å²) in [5.41, 5.74) is 0.885. The Morgan fingerprint density at radius 2 is 2.24 bits per heavy atom. The number of hydrogen-bond acceptors (Lipinski definition) is 4. The predicted molar refractivity (Wildman–Crippen MR) is 81.6 cm³/mol. The lowest BCUT2D eigenvalue weighted by Crippen LogP contribution is -2.21. The summed E-state index contributed by atoms with van der Waals surface area (Å²) in [6.45, 7) is 5.79. The van der Waals surface area contributed by atoms with Gasteiger partial charge in [-0.1, -0.05) is 19.1 Å². The summed E-state index contributed by atoms with van der Waals surface area (Å²) in [6, 6.07) is 4.76. The Morgan fingerprint density at radius 3 is 3.00 bits per heavy atom. The largest absolute Gasteiger partial charge is 0.490 e. The zero-order chi connectivity index (χ0) is 15.2. The maximum atomic E-state index is 13.1. The van der Waals surface area contributed by atoms with Crippen molar-refractivity contribution in [3.8, 4) is 5.75 Å². The Balaban J connectivity index is 1.82. The summed E-state index contributed by atoms with van der Waals surface area (Å²) in [5.74, 6) is 0.160. The summed E-state index contributed by atoms with van der Waals surface area (Å²) in [5, 5.41) is 11.4. The number of aromatic nitrogens is 3. The molecule has 1 aromatic heterocycles. The van der Waals surface area contributed by atoms with Crippen LogP contribution in [-0.4, -0.2) is 27.6 Å². The first-order valence-corrected chi connectivity index (χ1v) is 7.54. The number of rotatable bonds is 7. The lowest BCUT2D eigenvalue weighted by Gasteiger charge is -2.08. The van der Waals surface area contributed by atoms with Crippen LogP contribution in [0.15, 0.2) is 28.9 Å². The van der Waals surface area contributed by atoms with E-state index in [0.717, 1.165) is 10.2 Å². The third kappa shape index (κ3) is 5.09. The summed E-state index contributed by atoms with van der Waals surface area (Å²) < 4.78 is 21.1. The molecule has 114 valence electrons. The van der Waals surface area contributed by atoms with Crippen molar-refractivity contribution in [2.75, 3.05) is 6.61 Å². The molecule has 2 rings (SSSR count). The van der Waals surface area contributed by atoms with Crippen LogP contribution in [0.2, 0.25) is 0 Å². The molecule has 2 aromatic rings. The molecule has 0 atom stereocenters. The minimum Gasteiger partial charge on any atom is -0.490 e. The fourth-order valence-corrected chi connectivity index (χ4v) is 2.04. The second kappa shape index (κ2) is 7.51. The van der Waals surface area contributed by atoms with Crippen molar-refractivity contribution in [3.63, 3.8) is 0 Å². The summed E-state index contributed by atoms with van der Waals surface area (Å²) in [7, 11) is 0. The Labute approximate surface area is 131 Å². The topological polar surface area (TPSA) is 52.0 Å². The molecule has 21 heavy (non-hydrogen) atoms. The van der Waals surface area contributed by atoms with E-state index < -0.39 is 0 Å². The maximum Gasteiger partial charge on any atom is 0.136 e. The molecule has 1 aromatic carbocycles. The average molecular weight is 357 g/mol. The highest BCUT2D eigenvalue weighted by Crippen LogP contribution is 2.25. The van der Waals surface area contributed by atoms with Crippen LogP contribution < -0.4 is 10.1 Å². The van der Waals surface area contributed by atoms with Crippen LogP contribution in [0.1, 0.15) is 19.5 Å². The van der Waals surface area contributed by atoms with Crippen molar-refractivity contribution < 1.29 is 9.13 Å². The Morgan fingerprint density at radius 1 is 1.43 bits per heavy atom. The molecule has 0 saturated carbocycles. The maximum absolute atomic E-state index is 13.1. The zero-order valence-corrected chi connectivity index (χ0v) is 13.6. The third-order valence-corrected chi connectivity index (χ3v) is 3.40. The molecule has 1 N–H and O–H groups in total. The summed E-state index contributed by atoms with van der Waals surface area (Å²) in [6.07, 6.45) is 1.87. The van der Waals surface area contributed by atoms with E-state index in [1.807, 2.05) is 6.20 Å². The third-order valence-electron chi connectivity index (χ3n) is 2.75. The van der Waals surface area contributed by atoms with Crippen LogP contribution >= 0.6 is 15.9 Å². The van der Waals surface area contributed by atoms with E-state index in [-0.39, 0.29) is 5.82 Å². The van der Waals surface area contributed by atoms with Gasteiger partial charge in [0, 0.05) is 24.8 Å². The number of ether oxygens (including phenoxy) is 1. The Bertz CT molecular complexity index is 588. The molecule has 0 aliphatic heterocycles. The van der Waals surface area contributed by atoms with Crippen LogP contribution in [0.25, 0.3) is 0 Å². The molecule has 0 fully saturated rings. The van der Waals surface area contributed by atoms with Crippen molar-refractivity contribution in [2.45, 2.75) is 33.0 Å². The molecule has 0 aliphatic rings. The smallest absolute Gasteiger partial charge is 0.136 e. The van der Waals surface area contributed by atoms with Crippen molar-refractivity contribution >= 4 is 15.9 Å². The van der Waals surface area contributed by atoms with Crippen LogP contribution in [0.5, 0.6) is 5.75 Å². The van der Waals surface area contributed by atoms with E-state index in [1.54, 1.807) is 10.7 Å². The SMILES string of the molecule is CC(C)NCc1cn(CCOc2cc(F)ccc2Br)nn1. The lowest BCUT2D eigenvalue weighted by atomic mass is 10.3. The molecule has 0 saturated heterocycles. The zero-order valence-electron chi connectivity index (χ0n) is 12.0. The lowest BCUT2D eigenvalue weighted by molar-refractivity contribution is 0.287. The molecule has 0 unspecified atom stereocenters. The molecule has 0 spiro atoms. The van der Waals surface area contributed by atoms with Gasteiger partial charge in [0.05, 0.1) is 16.7 Å². The molecule has 0 amide bonds. The van der Waals surface area contributed by atoms with E-state index in [9.17, 15) is 4.39 Å². The number of benzene rings is 1. The highest BCUT2D eigenvalue weighted by Gasteiger charge is 2.05. The van der Waals surface area contributed by atoms with Crippen molar-refractivity contribution in [1.29, 1.82) is 0 Å². The molecule has 1 heterocycles. The Hall–Kier alpha value is -1.47. The molecule has 0 bridgehead atoms. The van der Waals surface area contributed by atoms with E-state index in [2.05, 4.69) is 45.4 Å². The number of nitrogens with zero attached hydrogens (tertiary/aromatic N) is 3. The fourth-order valence-electron chi connectivity index (χ4n) is 1.67. The second-order valence-electron chi connectivity index (χ2n) is 4.93. The minimum atomic E-state index is -0.323. The summed E-state index contributed by atoms with van der Waals surface area (Å²) >= 11 is 3.32. The van der Waals surface area contributed by atoms with Crippen molar-refractivity contribution in [1.82, 2.24) is 20.3 Å². The Kier molecular flexibility index (Phi) is 5.69. The molecule has 7 heteroatoms. The van der Waals surface area contributed by atoms with Gasteiger partial charge >= 0.3 is 0 Å². The highest BCUT2D eigenvalue weighted by atomic mass is 79.9. The molecular formula is C14H18BrFN4O. The van der Waals surface area contributed by atoms with E-state index in [1.165, 1.54) is 12.1 Å². The molecule has 0 radical (unpaired) electrons. The monoisotopic (exact) mass is 356 g/mol. The van der Waals surface area contributed by atoms with Gasteiger partial charge in [-0.05, 0) is 28.1 Å². The van der Waals surface area contributed by atoms with Gasteiger partial charge in [-0.15, -0.1) is 5.10 Å². The van der Waals surface area contributed by atoms with Gasteiger partial charge in [0.15, 0.2) is 0 Å². The van der Waals surface area contributed by atoms with Gasteiger partial charge in [0.1, 0.15) is 18.2 Å². The van der Waals surface area contributed by atoms with Gasteiger partial charge in [-0.2, -0.15) is 0 Å². The standard InChI is InChI=1S/C14H18BrFN4O/c1-10(2)17-8-12-9-20(19-18-12)5-6-21-14-7-11(16)3-4-13(14)15/h3-4,7,9-10,17H,5-6,8H2,1-2H3. The number of halogens is 2. The first-order valence-electron chi connectivity index (χ1n) is 6.75. The first kappa shape index (κ1) is 15.9. The highest BCUT2D eigenvalue weighted by molar-refractivity contribution is 9.10. The van der Waals surface area contributed by atoms with Crippen molar-refractivity contribution in [3.05, 3.63) is 40.4 Å². The normalized spacial score (nSPS) is 11.1. The molecule has 5 nitrogen and oxygen atoms in total. The minimum absolute atomic E-state index is 0.323. The fraction of sp³-hybridized carbons (Fsp3) is 0.429. The number of nitrogens with one attached hydrogen (secondary N) is 1. The number of hydrogen-bond donors (Lipinski definition) is 1. The summed E-state index contributed by atoms with van der Waals surface area (Å²) in [4.78, 5) is 0. The van der Waals surface area contributed by atoms with E-state index >= 15 is 0 Å². The van der Waals surface area contributed by atoms with Crippen molar-refractivity contribution in [2.24, 2.45) is 0 Å². The molecule has 0 aliphatic carbocycles. The van der Waals surface area contributed by atoms with Gasteiger partial charge in [-0.25, -0.2) is 9.07 Å². The van der Waals surface area contributed by atoms with Crippen LogP contribution in [0, 0.1) is 5.82 Å².